The third kappa shape index (κ3) is 2.48. The minimum absolute atomic E-state index is 0.0694. The Bertz CT molecular complexity index is 637. The summed E-state index contributed by atoms with van der Waals surface area (Å²) in [5.41, 5.74) is 1.99. The van der Waals surface area contributed by atoms with Gasteiger partial charge in [-0.05, 0) is 48.1 Å². The molecule has 0 saturated heterocycles. The van der Waals surface area contributed by atoms with Crippen LogP contribution >= 0.6 is 11.3 Å². The van der Waals surface area contributed by atoms with Gasteiger partial charge >= 0.3 is 0 Å². The highest BCUT2D eigenvalue weighted by atomic mass is 32.1. The molecule has 20 heavy (non-hydrogen) atoms. The van der Waals surface area contributed by atoms with E-state index in [9.17, 15) is 9.18 Å². The van der Waals surface area contributed by atoms with Crippen LogP contribution in [0.5, 0.6) is 0 Å². The Balaban J connectivity index is 1.75. The molecule has 1 aromatic heterocycles. The molecular weight excluding hydrogens is 273 g/mol. The monoisotopic (exact) mass is 289 g/mol. The van der Waals surface area contributed by atoms with Gasteiger partial charge in [0.25, 0.3) is 0 Å². The van der Waals surface area contributed by atoms with Crippen LogP contribution in [0.4, 0.5) is 4.39 Å². The zero-order chi connectivity index (χ0) is 14.1. The third-order valence-electron chi connectivity index (χ3n) is 3.84. The van der Waals surface area contributed by atoms with Crippen molar-refractivity contribution in [3.63, 3.8) is 0 Å². The Hall–Kier alpha value is -1.68. The summed E-state index contributed by atoms with van der Waals surface area (Å²) in [6, 6.07) is 8.50. The Labute approximate surface area is 121 Å². The second kappa shape index (κ2) is 5.37. The fourth-order valence-electron chi connectivity index (χ4n) is 2.77. The van der Waals surface area contributed by atoms with Crippen LogP contribution in [-0.2, 0) is 17.6 Å². The molecule has 0 saturated carbocycles. The van der Waals surface area contributed by atoms with Crippen LogP contribution in [0, 0.1) is 5.82 Å². The number of carbonyl (C=O) groups excluding carboxylic acids is 1. The molecule has 2 heterocycles. The average molecular weight is 289 g/mol. The normalized spacial score (nSPS) is 17.9. The van der Waals surface area contributed by atoms with Crippen LogP contribution < -0.4 is 0 Å². The number of rotatable bonds is 2. The number of hydrogen-bond acceptors (Lipinski definition) is 2. The fraction of sp³-hybridized carbons (Fsp3) is 0.312. The van der Waals surface area contributed by atoms with Crippen molar-refractivity contribution in [3.8, 4) is 0 Å². The van der Waals surface area contributed by atoms with E-state index in [-0.39, 0.29) is 24.2 Å². The van der Waals surface area contributed by atoms with E-state index in [0.717, 1.165) is 18.5 Å². The molecule has 0 bridgehead atoms. The second-order valence-corrected chi connectivity index (χ2v) is 6.12. The Morgan fingerprint density at radius 2 is 2.30 bits per heavy atom. The van der Waals surface area contributed by atoms with Crippen LogP contribution in [0.3, 0.4) is 0 Å². The number of halogens is 1. The van der Waals surface area contributed by atoms with Gasteiger partial charge in [-0.3, -0.25) is 4.79 Å². The molecule has 0 spiro atoms. The molecular formula is C16H16FNOS. The number of benzene rings is 1. The first-order chi connectivity index (χ1) is 9.65. The van der Waals surface area contributed by atoms with Gasteiger partial charge in [-0.2, -0.15) is 0 Å². The smallest absolute Gasteiger partial charge is 0.227 e. The quantitative estimate of drug-likeness (QED) is 0.827. The lowest BCUT2D eigenvalue weighted by Crippen LogP contribution is -2.39. The van der Waals surface area contributed by atoms with Gasteiger partial charge in [-0.15, -0.1) is 11.3 Å². The molecule has 104 valence electrons. The molecule has 1 atom stereocenters. The average Bonchev–Trinajstić information content (AvgIpc) is 2.88. The zero-order valence-corrected chi connectivity index (χ0v) is 12.1. The van der Waals surface area contributed by atoms with Gasteiger partial charge in [-0.25, -0.2) is 4.39 Å². The van der Waals surface area contributed by atoms with E-state index in [1.807, 2.05) is 4.90 Å². The molecule has 3 rings (SSSR count). The van der Waals surface area contributed by atoms with E-state index in [0.29, 0.717) is 0 Å². The molecule has 1 amide bonds. The lowest BCUT2D eigenvalue weighted by molar-refractivity contribution is -0.133. The Morgan fingerprint density at radius 1 is 1.45 bits per heavy atom. The zero-order valence-electron chi connectivity index (χ0n) is 11.3. The lowest BCUT2D eigenvalue weighted by Gasteiger charge is -2.33. The fourth-order valence-corrected chi connectivity index (χ4v) is 3.74. The van der Waals surface area contributed by atoms with Gasteiger partial charge in [0, 0.05) is 11.4 Å². The summed E-state index contributed by atoms with van der Waals surface area (Å²) in [6.07, 6.45) is 1.19. The van der Waals surface area contributed by atoms with Gasteiger partial charge in [0.05, 0.1) is 12.5 Å². The first-order valence-corrected chi connectivity index (χ1v) is 7.63. The number of thiophene rings is 1. The van der Waals surface area contributed by atoms with Gasteiger partial charge in [0.15, 0.2) is 0 Å². The van der Waals surface area contributed by atoms with Crippen LogP contribution in [-0.4, -0.2) is 17.4 Å². The SMILES string of the molecule is C[C@H]1c2ccsc2CCN1C(=O)Cc1cccc(F)c1. The van der Waals surface area contributed by atoms with Crippen LogP contribution in [0.1, 0.15) is 29.0 Å². The van der Waals surface area contributed by atoms with Crippen molar-refractivity contribution in [1.82, 2.24) is 4.90 Å². The van der Waals surface area contributed by atoms with Crippen molar-refractivity contribution in [3.05, 3.63) is 57.5 Å². The van der Waals surface area contributed by atoms with Crippen LogP contribution in [0.2, 0.25) is 0 Å². The van der Waals surface area contributed by atoms with Crippen molar-refractivity contribution in [2.24, 2.45) is 0 Å². The largest absolute Gasteiger partial charge is 0.335 e. The van der Waals surface area contributed by atoms with Crippen molar-refractivity contribution < 1.29 is 9.18 Å². The van der Waals surface area contributed by atoms with Crippen LogP contribution in [0.15, 0.2) is 35.7 Å². The van der Waals surface area contributed by atoms with Crippen molar-refractivity contribution in [2.75, 3.05) is 6.54 Å². The maximum atomic E-state index is 13.2. The number of carbonyl (C=O) groups is 1. The summed E-state index contributed by atoms with van der Waals surface area (Å²) < 4.78 is 13.2. The van der Waals surface area contributed by atoms with Crippen molar-refractivity contribution in [1.29, 1.82) is 0 Å². The van der Waals surface area contributed by atoms with Gasteiger partial charge in [0.2, 0.25) is 5.91 Å². The molecule has 0 unspecified atom stereocenters. The molecule has 1 aliphatic heterocycles. The van der Waals surface area contributed by atoms with E-state index in [1.165, 1.54) is 22.6 Å². The van der Waals surface area contributed by atoms with Crippen molar-refractivity contribution >= 4 is 17.2 Å². The summed E-state index contributed by atoms with van der Waals surface area (Å²) >= 11 is 1.76. The molecule has 0 fully saturated rings. The number of fused-ring (bicyclic) bond motifs is 1. The first kappa shape index (κ1) is 13.3. The first-order valence-electron chi connectivity index (χ1n) is 6.75. The molecule has 4 heteroatoms. The molecule has 0 N–H and O–H groups in total. The summed E-state index contributed by atoms with van der Waals surface area (Å²) in [6.45, 7) is 2.82. The van der Waals surface area contributed by atoms with E-state index in [1.54, 1.807) is 23.5 Å². The summed E-state index contributed by atoms with van der Waals surface area (Å²) in [5, 5.41) is 2.09. The van der Waals surface area contributed by atoms with Crippen molar-refractivity contribution in [2.45, 2.75) is 25.8 Å². The van der Waals surface area contributed by atoms with E-state index in [4.69, 9.17) is 0 Å². The molecule has 2 nitrogen and oxygen atoms in total. The van der Waals surface area contributed by atoms with E-state index >= 15 is 0 Å². The highest BCUT2D eigenvalue weighted by Crippen LogP contribution is 2.33. The number of amides is 1. The standard InChI is InChI=1S/C16H16FNOS/c1-11-14-6-8-20-15(14)5-7-18(11)16(19)10-12-3-2-4-13(17)9-12/h2-4,6,8-9,11H,5,7,10H2,1H3/t11-/m0/s1. The summed E-state index contributed by atoms with van der Waals surface area (Å²) in [7, 11) is 0. The molecule has 1 aromatic carbocycles. The van der Waals surface area contributed by atoms with Crippen LogP contribution in [0.25, 0.3) is 0 Å². The molecule has 0 radical (unpaired) electrons. The second-order valence-electron chi connectivity index (χ2n) is 5.12. The molecule has 1 aliphatic rings. The lowest BCUT2D eigenvalue weighted by atomic mass is 10.0. The molecule has 0 aliphatic carbocycles. The minimum atomic E-state index is -0.290. The number of hydrogen-bond donors (Lipinski definition) is 0. The number of nitrogens with zero attached hydrogens (tertiary/aromatic N) is 1. The van der Waals surface area contributed by atoms with Gasteiger partial charge in [-0.1, -0.05) is 12.1 Å². The predicted molar refractivity (Wildman–Crippen MR) is 78.3 cm³/mol. The summed E-state index contributed by atoms with van der Waals surface area (Å²) in [5.74, 6) is -0.220. The minimum Gasteiger partial charge on any atom is -0.335 e. The van der Waals surface area contributed by atoms with Gasteiger partial charge < -0.3 is 4.90 Å². The molecule has 2 aromatic rings. The topological polar surface area (TPSA) is 20.3 Å². The maximum Gasteiger partial charge on any atom is 0.227 e. The van der Waals surface area contributed by atoms with E-state index in [2.05, 4.69) is 18.4 Å². The Kier molecular flexibility index (Phi) is 3.57. The van der Waals surface area contributed by atoms with Gasteiger partial charge in [0.1, 0.15) is 5.82 Å². The Morgan fingerprint density at radius 3 is 3.10 bits per heavy atom. The predicted octanol–water partition coefficient (Wildman–Crippen LogP) is 3.58. The van der Waals surface area contributed by atoms with E-state index < -0.39 is 0 Å². The highest BCUT2D eigenvalue weighted by Gasteiger charge is 2.28. The highest BCUT2D eigenvalue weighted by molar-refractivity contribution is 7.10. The maximum absolute atomic E-state index is 13.2. The summed E-state index contributed by atoms with van der Waals surface area (Å²) in [4.78, 5) is 15.7. The third-order valence-corrected chi connectivity index (χ3v) is 4.84.